The Bertz CT molecular complexity index is 1620. The van der Waals surface area contributed by atoms with Crippen LogP contribution in [0.5, 0.6) is 11.5 Å². The van der Waals surface area contributed by atoms with E-state index in [-0.39, 0.29) is 0 Å². The molecule has 1 N–H and O–H groups in total. The van der Waals surface area contributed by atoms with Crippen LogP contribution in [0.2, 0.25) is 0 Å². The fraction of sp³-hybridized carbons (Fsp3) is 0.226. The number of hydrogen-bond acceptors (Lipinski definition) is 5. The molecule has 4 aromatic rings. The summed E-state index contributed by atoms with van der Waals surface area (Å²) in [5.41, 5.74) is 9.11. The molecule has 1 heterocycles. The van der Waals surface area contributed by atoms with Gasteiger partial charge in [-0.2, -0.15) is 5.10 Å². The van der Waals surface area contributed by atoms with Gasteiger partial charge in [0.1, 0.15) is 17.5 Å². The van der Waals surface area contributed by atoms with Gasteiger partial charge in [0.25, 0.3) is 5.91 Å². The third-order valence-electron chi connectivity index (χ3n) is 6.47. The SMILES string of the molecule is Cc1cc(C)cc(-n2c(C)cc(/C=N\NC(=O)[C@@H](C)N(c3ccc(Oc4ccccc4)cc3)S(C)(=O)=O)c2C)c1. The maximum atomic E-state index is 13.0. The van der Waals surface area contributed by atoms with E-state index in [2.05, 4.69) is 47.1 Å². The molecular weight excluding hydrogens is 524 g/mol. The molecule has 0 unspecified atom stereocenters. The van der Waals surface area contributed by atoms with Gasteiger partial charge >= 0.3 is 0 Å². The quantitative estimate of drug-likeness (QED) is 0.207. The van der Waals surface area contributed by atoms with Crippen LogP contribution in [0.3, 0.4) is 0 Å². The van der Waals surface area contributed by atoms with Crippen LogP contribution in [-0.2, 0) is 14.8 Å². The molecule has 1 atom stereocenters. The molecule has 0 spiro atoms. The summed E-state index contributed by atoms with van der Waals surface area (Å²) in [5, 5.41) is 4.15. The number of ether oxygens (including phenoxy) is 1. The first kappa shape index (κ1) is 28.6. The summed E-state index contributed by atoms with van der Waals surface area (Å²) in [6.45, 7) is 9.66. The smallest absolute Gasteiger partial charge is 0.263 e. The number of benzene rings is 3. The fourth-order valence-corrected chi connectivity index (χ4v) is 5.92. The van der Waals surface area contributed by atoms with Crippen molar-refractivity contribution in [3.8, 4) is 17.2 Å². The van der Waals surface area contributed by atoms with E-state index in [4.69, 9.17) is 4.74 Å². The Labute approximate surface area is 236 Å². The summed E-state index contributed by atoms with van der Waals surface area (Å²) in [6, 6.07) is 23.1. The van der Waals surface area contributed by atoms with E-state index >= 15 is 0 Å². The van der Waals surface area contributed by atoms with E-state index in [0.29, 0.717) is 17.2 Å². The van der Waals surface area contributed by atoms with Crippen LogP contribution in [0.25, 0.3) is 5.69 Å². The average molecular weight is 559 g/mol. The Morgan fingerprint density at radius 1 is 0.925 bits per heavy atom. The molecule has 0 saturated heterocycles. The summed E-state index contributed by atoms with van der Waals surface area (Å²) in [5.74, 6) is 0.647. The fourth-order valence-electron chi connectivity index (χ4n) is 4.75. The molecule has 0 radical (unpaired) electrons. The highest BCUT2D eigenvalue weighted by molar-refractivity contribution is 7.92. The standard InChI is InChI=1S/C31H34N4O4S/c1-21-16-22(2)18-28(17-21)34-23(3)19-26(24(34)4)20-32-33-31(36)25(5)35(40(6,37)38)27-12-14-30(15-13-27)39-29-10-8-7-9-11-29/h7-20,25H,1-6H3,(H,33,36)/b32-20-/t25-/m1/s1. The van der Waals surface area contributed by atoms with E-state index in [1.807, 2.05) is 50.2 Å². The van der Waals surface area contributed by atoms with Crippen LogP contribution in [0.15, 0.2) is 84.0 Å². The highest BCUT2D eigenvalue weighted by Gasteiger charge is 2.29. The minimum Gasteiger partial charge on any atom is -0.457 e. The normalized spacial score (nSPS) is 12.3. The van der Waals surface area contributed by atoms with Crippen LogP contribution in [0.4, 0.5) is 5.69 Å². The molecule has 8 nitrogen and oxygen atoms in total. The minimum atomic E-state index is -3.78. The van der Waals surface area contributed by atoms with Gasteiger partial charge in [-0.15, -0.1) is 0 Å². The number of amides is 1. The third-order valence-corrected chi connectivity index (χ3v) is 7.71. The van der Waals surface area contributed by atoms with Crippen molar-refractivity contribution in [1.29, 1.82) is 0 Å². The maximum Gasteiger partial charge on any atom is 0.263 e. The molecule has 4 rings (SSSR count). The number of hydrazone groups is 1. The molecule has 0 saturated carbocycles. The molecule has 9 heteroatoms. The van der Waals surface area contributed by atoms with Gasteiger partial charge in [-0.1, -0.05) is 24.3 Å². The molecule has 0 bridgehead atoms. The molecule has 40 heavy (non-hydrogen) atoms. The summed E-state index contributed by atoms with van der Waals surface area (Å²) in [7, 11) is -3.78. The number of anilines is 1. The number of nitrogens with one attached hydrogen (secondary N) is 1. The second-order valence-electron chi connectivity index (χ2n) is 9.89. The topological polar surface area (TPSA) is 93.0 Å². The van der Waals surface area contributed by atoms with Gasteiger partial charge in [-0.25, -0.2) is 13.8 Å². The van der Waals surface area contributed by atoms with Crippen molar-refractivity contribution >= 4 is 27.8 Å². The van der Waals surface area contributed by atoms with Gasteiger partial charge in [0.2, 0.25) is 10.0 Å². The van der Waals surface area contributed by atoms with Gasteiger partial charge in [-0.3, -0.25) is 9.10 Å². The minimum absolute atomic E-state index is 0.339. The van der Waals surface area contributed by atoms with Gasteiger partial charge in [-0.05, 0) is 100 Å². The number of carbonyl (C=O) groups is 1. The lowest BCUT2D eigenvalue weighted by atomic mass is 10.1. The number of hydrogen-bond donors (Lipinski definition) is 1. The third kappa shape index (κ3) is 6.60. The molecule has 0 fully saturated rings. The molecule has 1 amide bonds. The van der Waals surface area contributed by atoms with Gasteiger partial charge < -0.3 is 9.30 Å². The maximum absolute atomic E-state index is 13.0. The number of carbonyl (C=O) groups excluding carboxylic acids is 1. The zero-order valence-electron chi connectivity index (χ0n) is 23.5. The number of para-hydroxylation sites is 1. The Balaban J connectivity index is 1.49. The van der Waals surface area contributed by atoms with Crippen LogP contribution in [0, 0.1) is 27.7 Å². The second-order valence-corrected chi connectivity index (χ2v) is 11.7. The Morgan fingerprint density at radius 3 is 2.12 bits per heavy atom. The zero-order chi connectivity index (χ0) is 29.0. The highest BCUT2D eigenvalue weighted by Crippen LogP contribution is 2.27. The Kier molecular flexibility index (Phi) is 8.44. The van der Waals surface area contributed by atoms with E-state index in [1.54, 1.807) is 30.5 Å². The van der Waals surface area contributed by atoms with Crippen LogP contribution >= 0.6 is 0 Å². The lowest BCUT2D eigenvalue weighted by molar-refractivity contribution is -0.121. The molecule has 1 aromatic heterocycles. The van der Waals surface area contributed by atoms with Crippen molar-refractivity contribution in [2.75, 3.05) is 10.6 Å². The largest absolute Gasteiger partial charge is 0.457 e. The summed E-state index contributed by atoms with van der Waals surface area (Å²) in [6.07, 6.45) is 2.64. The van der Waals surface area contributed by atoms with E-state index in [0.717, 1.165) is 33.2 Å². The lowest BCUT2D eigenvalue weighted by Crippen LogP contribution is -2.46. The van der Waals surface area contributed by atoms with Gasteiger partial charge in [0.15, 0.2) is 0 Å². The predicted octanol–water partition coefficient (Wildman–Crippen LogP) is 5.81. The second kappa shape index (κ2) is 11.8. The van der Waals surface area contributed by atoms with Crippen molar-refractivity contribution in [1.82, 2.24) is 9.99 Å². The first-order valence-electron chi connectivity index (χ1n) is 12.9. The first-order valence-corrected chi connectivity index (χ1v) is 14.7. The van der Waals surface area contributed by atoms with Crippen molar-refractivity contribution in [3.63, 3.8) is 0 Å². The molecule has 0 aliphatic heterocycles. The van der Waals surface area contributed by atoms with Crippen molar-refractivity contribution in [2.24, 2.45) is 5.10 Å². The van der Waals surface area contributed by atoms with E-state index < -0.39 is 22.0 Å². The average Bonchev–Trinajstić information content (AvgIpc) is 3.17. The molecule has 208 valence electrons. The monoisotopic (exact) mass is 558 g/mol. The number of rotatable bonds is 9. The number of sulfonamides is 1. The Hall–Kier alpha value is -4.37. The molecule has 0 aliphatic rings. The Morgan fingerprint density at radius 2 is 1.52 bits per heavy atom. The van der Waals surface area contributed by atoms with E-state index in [1.165, 1.54) is 18.1 Å². The van der Waals surface area contributed by atoms with E-state index in [9.17, 15) is 13.2 Å². The highest BCUT2D eigenvalue weighted by atomic mass is 32.2. The van der Waals surface area contributed by atoms with Crippen LogP contribution in [0.1, 0.15) is 35.0 Å². The molecule has 3 aromatic carbocycles. The number of aryl methyl sites for hydroxylation is 3. The zero-order valence-corrected chi connectivity index (χ0v) is 24.4. The van der Waals surface area contributed by atoms with Gasteiger partial charge in [0, 0.05) is 22.6 Å². The molecule has 0 aliphatic carbocycles. The number of aromatic nitrogens is 1. The van der Waals surface area contributed by atoms with Crippen molar-refractivity contribution in [3.05, 3.63) is 107 Å². The van der Waals surface area contributed by atoms with Crippen molar-refractivity contribution in [2.45, 2.75) is 40.7 Å². The number of nitrogens with zero attached hydrogens (tertiary/aromatic N) is 3. The predicted molar refractivity (Wildman–Crippen MR) is 160 cm³/mol. The van der Waals surface area contributed by atoms with Gasteiger partial charge in [0.05, 0.1) is 18.2 Å². The molecular formula is C31H34N4O4S. The summed E-state index contributed by atoms with van der Waals surface area (Å²) >= 11 is 0. The van der Waals surface area contributed by atoms with Crippen LogP contribution in [-0.4, -0.2) is 37.4 Å². The first-order chi connectivity index (χ1) is 18.9. The summed E-state index contributed by atoms with van der Waals surface area (Å²) in [4.78, 5) is 13.0. The van der Waals surface area contributed by atoms with Crippen LogP contribution < -0.4 is 14.5 Å². The van der Waals surface area contributed by atoms with Crippen molar-refractivity contribution < 1.29 is 17.9 Å². The lowest BCUT2D eigenvalue weighted by Gasteiger charge is -2.27. The summed E-state index contributed by atoms with van der Waals surface area (Å²) < 4.78 is 34.4.